The third kappa shape index (κ3) is 5.17. The van der Waals surface area contributed by atoms with Gasteiger partial charge in [-0.2, -0.15) is 0 Å². The average molecular weight is 397 g/mol. The van der Waals surface area contributed by atoms with Crippen molar-refractivity contribution in [1.82, 2.24) is 0 Å². The lowest BCUT2D eigenvalue weighted by molar-refractivity contribution is -0.365. The van der Waals surface area contributed by atoms with Gasteiger partial charge in [0.15, 0.2) is 12.6 Å². The van der Waals surface area contributed by atoms with Crippen molar-refractivity contribution in [1.29, 1.82) is 0 Å². The Morgan fingerprint density at radius 2 is 1.70 bits per heavy atom. The van der Waals surface area contributed by atoms with Crippen molar-refractivity contribution in [3.05, 3.63) is 35.9 Å². The molecule has 0 bridgehead atoms. The lowest BCUT2D eigenvalue weighted by Crippen LogP contribution is -2.63. The second-order valence-corrected chi connectivity index (χ2v) is 13.9. The van der Waals surface area contributed by atoms with E-state index >= 15 is 0 Å². The highest BCUT2D eigenvalue weighted by Crippen LogP contribution is 2.36. The highest BCUT2D eigenvalue weighted by atomic mass is 28.3. The molecule has 6 atom stereocenters. The van der Waals surface area contributed by atoms with Gasteiger partial charge in [0.2, 0.25) is 0 Å². The van der Waals surface area contributed by atoms with E-state index in [1.54, 1.807) is 14.2 Å². The number of rotatable bonds is 7. The van der Waals surface area contributed by atoms with Crippen LogP contribution < -0.4 is 0 Å². The minimum atomic E-state index is -1.18. The average Bonchev–Trinajstić information content (AvgIpc) is 2.66. The van der Waals surface area contributed by atoms with Crippen molar-refractivity contribution in [2.24, 2.45) is 0 Å². The molecule has 2 aliphatic rings. The van der Waals surface area contributed by atoms with E-state index in [1.165, 1.54) is 0 Å². The smallest absolute Gasteiger partial charge is 0.186 e. The molecule has 1 aromatic carbocycles. The van der Waals surface area contributed by atoms with Crippen LogP contribution in [0.25, 0.3) is 0 Å². The van der Waals surface area contributed by atoms with E-state index < -0.39 is 20.7 Å². The predicted octanol–water partition coefficient (Wildman–Crippen LogP) is 3.21. The van der Waals surface area contributed by atoms with Gasteiger partial charge in [0.05, 0.1) is 6.61 Å². The summed E-state index contributed by atoms with van der Waals surface area (Å²) < 4.78 is 35.8. The molecule has 2 aliphatic heterocycles. The fourth-order valence-corrected chi connectivity index (χ4v) is 4.19. The van der Waals surface area contributed by atoms with Crippen LogP contribution in [-0.2, 0) is 28.4 Å². The molecule has 152 valence electrons. The van der Waals surface area contributed by atoms with Crippen LogP contribution in [-0.4, -0.2) is 66.2 Å². The van der Waals surface area contributed by atoms with E-state index in [0.29, 0.717) is 13.2 Å². The maximum absolute atomic E-state index is 6.22. The molecule has 0 spiro atoms. The standard InChI is InChI=1S/C20H32O6Si/c1-21-17-16-15(13-24-19(26-16)14-9-7-6-8-10-14)25-20(18(17)22-2)23-11-12-27(3,4)5/h6-10,15-20H,11-13H2,1-5H3/t15-,16-,17+,18-,19?,20?/m1/s1. The lowest BCUT2D eigenvalue weighted by Gasteiger charge is -2.48. The largest absolute Gasteiger partial charge is 0.376 e. The van der Waals surface area contributed by atoms with E-state index in [4.69, 9.17) is 28.4 Å². The molecule has 0 saturated carbocycles. The summed E-state index contributed by atoms with van der Waals surface area (Å²) in [6.45, 7) is 8.06. The third-order valence-corrected chi connectivity index (χ3v) is 6.74. The van der Waals surface area contributed by atoms with E-state index in [1.807, 2.05) is 30.3 Å². The lowest BCUT2D eigenvalue weighted by atomic mass is 9.97. The van der Waals surface area contributed by atoms with Crippen LogP contribution >= 0.6 is 0 Å². The molecule has 3 rings (SSSR count). The molecule has 0 amide bonds. The molecule has 0 aliphatic carbocycles. The van der Waals surface area contributed by atoms with Gasteiger partial charge in [0.1, 0.15) is 24.4 Å². The van der Waals surface area contributed by atoms with Crippen LogP contribution in [0, 0.1) is 0 Å². The van der Waals surface area contributed by atoms with Crippen molar-refractivity contribution in [3.63, 3.8) is 0 Å². The highest BCUT2D eigenvalue weighted by molar-refractivity contribution is 6.76. The zero-order valence-electron chi connectivity index (χ0n) is 16.9. The monoisotopic (exact) mass is 396 g/mol. The zero-order chi connectivity index (χ0) is 19.4. The predicted molar refractivity (Wildman–Crippen MR) is 104 cm³/mol. The Balaban J connectivity index is 1.68. The second-order valence-electron chi connectivity index (χ2n) is 8.30. The fourth-order valence-electron chi connectivity index (χ4n) is 3.46. The Kier molecular flexibility index (Phi) is 7.07. The van der Waals surface area contributed by atoms with Gasteiger partial charge in [-0.1, -0.05) is 50.0 Å². The third-order valence-electron chi connectivity index (χ3n) is 5.03. The normalized spacial score (nSPS) is 34.3. The zero-order valence-corrected chi connectivity index (χ0v) is 17.9. The van der Waals surface area contributed by atoms with Crippen molar-refractivity contribution in [2.45, 2.75) is 62.7 Å². The number of methoxy groups -OCH3 is 2. The number of fused-ring (bicyclic) bond motifs is 1. The summed E-state index contributed by atoms with van der Waals surface area (Å²) in [5, 5.41) is 0. The summed E-state index contributed by atoms with van der Waals surface area (Å²) >= 11 is 0. The first-order chi connectivity index (χ1) is 12.9. The first-order valence-corrected chi connectivity index (χ1v) is 13.3. The first kappa shape index (κ1) is 20.9. The second kappa shape index (κ2) is 9.13. The number of hydrogen-bond acceptors (Lipinski definition) is 6. The van der Waals surface area contributed by atoms with E-state index in [2.05, 4.69) is 19.6 Å². The molecule has 1 aromatic rings. The minimum absolute atomic E-state index is 0.252. The number of ether oxygens (including phenoxy) is 6. The summed E-state index contributed by atoms with van der Waals surface area (Å²) in [4.78, 5) is 0. The topological polar surface area (TPSA) is 55.4 Å². The van der Waals surface area contributed by atoms with Crippen LogP contribution in [0.15, 0.2) is 30.3 Å². The molecular weight excluding hydrogens is 364 g/mol. The number of hydrogen-bond donors (Lipinski definition) is 0. The summed E-state index contributed by atoms with van der Waals surface area (Å²) in [6, 6.07) is 11.0. The van der Waals surface area contributed by atoms with E-state index in [-0.39, 0.29) is 24.4 Å². The van der Waals surface area contributed by atoms with Gasteiger partial charge >= 0.3 is 0 Å². The Labute approximate surface area is 163 Å². The maximum atomic E-state index is 6.22. The van der Waals surface area contributed by atoms with Crippen LogP contribution in [0.1, 0.15) is 11.9 Å². The summed E-state index contributed by atoms with van der Waals surface area (Å²) in [5.74, 6) is 0. The van der Waals surface area contributed by atoms with E-state index in [0.717, 1.165) is 11.6 Å². The van der Waals surface area contributed by atoms with Gasteiger partial charge in [-0.05, 0) is 6.04 Å². The summed E-state index contributed by atoms with van der Waals surface area (Å²) in [7, 11) is 2.15. The quantitative estimate of drug-likeness (QED) is 0.660. The summed E-state index contributed by atoms with van der Waals surface area (Å²) in [5.41, 5.74) is 0.980. The van der Waals surface area contributed by atoms with Gasteiger partial charge < -0.3 is 28.4 Å². The van der Waals surface area contributed by atoms with Crippen molar-refractivity contribution in [2.75, 3.05) is 27.4 Å². The summed E-state index contributed by atoms with van der Waals surface area (Å²) in [6.07, 6.45) is -2.10. The van der Waals surface area contributed by atoms with Gasteiger partial charge in [0.25, 0.3) is 0 Å². The molecule has 0 N–H and O–H groups in total. The number of benzene rings is 1. The Morgan fingerprint density at radius 3 is 2.33 bits per heavy atom. The van der Waals surface area contributed by atoms with Gasteiger partial charge in [0, 0.05) is 34.5 Å². The Bertz CT molecular complexity index is 578. The van der Waals surface area contributed by atoms with Crippen molar-refractivity contribution < 1.29 is 28.4 Å². The molecule has 2 saturated heterocycles. The molecule has 7 heteroatoms. The molecule has 2 fully saturated rings. The van der Waals surface area contributed by atoms with Gasteiger partial charge in [-0.3, -0.25) is 0 Å². The minimum Gasteiger partial charge on any atom is -0.376 e. The fraction of sp³-hybridized carbons (Fsp3) is 0.700. The van der Waals surface area contributed by atoms with Crippen LogP contribution in [0.2, 0.25) is 25.7 Å². The Morgan fingerprint density at radius 1 is 1.00 bits per heavy atom. The maximum Gasteiger partial charge on any atom is 0.186 e. The highest BCUT2D eigenvalue weighted by Gasteiger charge is 2.51. The van der Waals surface area contributed by atoms with Gasteiger partial charge in [-0.25, -0.2) is 0 Å². The Hall–Kier alpha value is -0.803. The molecule has 2 unspecified atom stereocenters. The van der Waals surface area contributed by atoms with Gasteiger partial charge in [-0.15, -0.1) is 0 Å². The molecule has 0 radical (unpaired) electrons. The molecule has 6 nitrogen and oxygen atoms in total. The first-order valence-electron chi connectivity index (χ1n) is 9.57. The molecule has 27 heavy (non-hydrogen) atoms. The van der Waals surface area contributed by atoms with Crippen LogP contribution in [0.5, 0.6) is 0 Å². The molecular formula is C20H32O6Si. The van der Waals surface area contributed by atoms with Crippen LogP contribution in [0.3, 0.4) is 0 Å². The van der Waals surface area contributed by atoms with E-state index in [9.17, 15) is 0 Å². The molecule has 0 aromatic heterocycles. The van der Waals surface area contributed by atoms with Crippen molar-refractivity contribution in [3.8, 4) is 0 Å². The van der Waals surface area contributed by atoms with Crippen molar-refractivity contribution >= 4 is 8.07 Å². The SMILES string of the molecule is CO[C@H]1[C@@H]2OC(c3ccccc3)OC[C@H]2OC(OCC[Si](C)(C)C)[C@@H]1OC. The van der Waals surface area contributed by atoms with Crippen LogP contribution in [0.4, 0.5) is 0 Å². The molecule has 2 heterocycles.